The summed E-state index contributed by atoms with van der Waals surface area (Å²) in [5.74, 6) is -0.671. The Hall–Kier alpha value is -2.11. The molecule has 2 rings (SSSR count). The molecule has 0 fully saturated rings. The van der Waals surface area contributed by atoms with Crippen LogP contribution in [0.15, 0.2) is 28.5 Å². The second-order valence-corrected chi connectivity index (χ2v) is 6.59. The van der Waals surface area contributed by atoms with Crippen LogP contribution in [-0.4, -0.2) is 8.42 Å². The van der Waals surface area contributed by atoms with Gasteiger partial charge in [-0.2, -0.15) is 5.26 Å². The van der Waals surface area contributed by atoms with Crippen LogP contribution in [0, 0.1) is 24.1 Å². The molecule has 5 nitrogen and oxygen atoms in total. The average Bonchev–Trinajstić information content (AvgIpc) is 2.80. The molecule has 104 valence electrons. The molecule has 0 saturated heterocycles. The maximum Gasteiger partial charge on any atom is 0.262 e. The van der Waals surface area contributed by atoms with E-state index in [9.17, 15) is 12.8 Å². The van der Waals surface area contributed by atoms with Gasteiger partial charge in [0.15, 0.2) is 0 Å². The van der Waals surface area contributed by atoms with Crippen molar-refractivity contribution in [3.63, 3.8) is 0 Å². The summed E-state index contributed by atoms with van der Waals surface area (Å²) in [5.41, 5.74) is 5.61. The van der Waals surface area contributed by atoms with E-state index in [4.69, 9.17) is 11.0 Å². The molecule has 20 heavy (non-hydrogen) atoms. The van der Waals surface area contributed by atoms with Gasteiger partial charge in [0.05, 0.1) is 16.1 Å². The van der Waals surface area contributed by atoms with Crippen LogP contribution in [-0.2, 0) is 10.0 Å². The van der Waals surface area contributed by atoms with Gasteiger partial charge in [-0.05, 0) is 36.1 Å². The Morgan fingerprint density at radius 2 is 2.15 bits per heavy atom. The van der Waals surface area contributed by atoms with Gasteiger partial charge in [-0.3, -0.25) is 4.72 Å². The van der Waals surface area contributed by atoms with Gasteiger partial charge in [-0.15, -0.1) is 11.3 Å². The van der Waals surface area contributed by atoms with Crippen LogP contribution < -0.4 is 10.5 Å². The highest BCUT2D eigenvalue weighted by molar-refractivity contribution is 7.93. The van der Waals surface area contributed by atoms with Crippen LogP contribution in [0.1, 0.15) is 11.1 Å². The maximum atomic E-state index is 13.3. The summed E-state index contributed by atoms with van der Waals surface area (Å²) in [6, 6.07) is 5.51. The van der Waals surface area contributed by atoms with Gasteiger partial charge in [0, 0.05) is 0 Å². The predicted molar refractivity (Wildman–Crippen MR) is 75.4 cm³/mol. The van der Waals surface area contributed by atoms with Crippen molar-refractivity contribution >= 4 is 32.0 Å². The van der Waals surface area contributed by atoms with E-state index in [-0.39, 0.29) is 26.7 Å². The minimum absolute atomic E-state index is 0.117. The highest BCUT2D eigenvalue weighted by Crippen LogP contribution is 2.28. The largest absolute Gasteiger partial charge is 0.396 e. The summed E-state index contributed by atoms with van der Waals surface area (Å²) in [4.78, 5) is -0.117. The van der Waals surface area contributed by atoms with E-state index < -0.39 is 15.8 Å². The molecule has 0 atom stereocenters. The second-order valence-electron chi connectivity index (χ2n) is 4.02. The van der Waals surface area contributed by atoms with Gasteiger partial charge >= 0.3 is 0 Å². The lowest BCUT2D eigenvalue weighted by Gasteiger charge is -2.10. The van der Waals surface area contributed by atoms with E-state index in [0.717, 1.165) is 23.5 Å². The fourth-order valence-corrected chi connectivity index (χ4v) is 3.94. The summed E-state index contributed by atoms with van der Waals surface area (Å²) < 4.78 is 40.1. The molecule has 3 N–H and O–H groups in total. The first-order chi connectivity index (χ1) is 9.35. The lowest BCUT2D eigenvalue weighted by Crippen LogP contribution is -2.15. The molecule has 1 aromatic heterocycles. The highest BCUT2D eigenvalue weighted by atomic mass is 32.2. The van der Waals surface area contributed by atoms with Crippen LogP contribution in [0.3, 0.4) is 0 Å². The minimum Gasteiger partial charge on any atom is -0.396 e. The van der Waals surface area contributed by atoms with Crippen molar-refractivity contribution < 1.29 is 12.8 Å². The van der Waals surface area contributed by atoms with E-state index in [0.29, 0.717) is 0 Å². The number of hydrogen-bond acceptors (Lipinski definition) is 5. The summed E-state index contributed by atoms with van der Waals surface area (Å²) >= 11 is 1.09. The molecule has 8 heteroatoms. The molecule has 1 aromatic carbocycles. The highest BCUT2D eigenvalue weighted by Gasteiger charge is 2.20. The number of benzene rings is 1. The van der Waals surface area contributed by atoms with Gasteiger partial charge in [-0.25, -0.2) is 12.8 Å². The number of sulfonamides is 1. The van der Waals surface area contributed by atoms with E-state index >= 15 is 0 Å². The fraction of sp³-hybridized carbons (Fsp3) is 0.0833. The number of nitrogens with two attached hydrogens (primary N) is 1. The molecule has 0 spiro atoms. The molecule has 0 amide bonds. The number of hydrogen-bond donors (Lipinski definition) is 2. The van der Waals surface area contributed by atoms with Crippen LogP contribution in [0.5, 0.6) is 0 Å². The first-order valence-electron chi connectivity index (χ1n) is 5.41. The molecule has 2 aromatic rings. The van der Waals surface area contributed by atoms with Crippen LogP contribution in [0.2, 0.25) is 0 Å². The van der Waals surface area contributed by atoms with E-state index in [1.807, 2.05) is 6.07 Å². The normalized spacial score (nSPS) is 11.1. The van der Waals surface area contributed by atoms with Gasteiger partial charge in [-0.1, -0.05) is 0 Å². The molecule has 0 aliphatic rings. The molecule has 0 unspecified atom stereocenters. The van der Waals surface area contributed by atoms with Crippen molar-refractivity contribution in [3.8, 4) is 6.07 Å². The Morgan fingerprint density at radius 1 is 1.45 bits per heavy atom. The zero-order chi connectivity index (χ0) is 14.9. The van der Waals surface area contributed by atoms with Crippen molar-refractivity contribution in [1.29, 1.82) is 5.26 Å². The van der Waals surface area contributed by atoms with E-state index in [1.54, 1.807) is 5.38 Å². The molecule has 0 aliphatic carbocycles. The van der Waals surface area contributed by atoms with Crippen LogP contribution in [0.25, 0.3) is 0 Å². The quantitative estimate of drug-likeness (QED) is 0.851. The Labute approximate surface area is 119 Å². The number of thiophene rings is 1. The average molecular weight is 311 g/mol. The topological polar surface area (TPSA) is 96.0 Å². The number of nitriles is 1. The third-order valence-electron chi connectivity index (χ3n) is 2.60. The van der Waals surface area contributed by atoms with Crippen molar-refractivity contribution in [3.05, 3.63) is 40.5 Å². The molecule has 0 bridgehead atoms. The van der Waals surface area contributed by atoms with Gasteiger partial charge < -0.3 is 5.73 Å². The van der Waals surface area contributed by atoms with Crippen LogP contribution >= 0.6 is 11.3 Å². The number of nitrogen functional groups attached to an aromatic ring is 1. The molecular weight excluding hydrogens is 301 g/mol. The fourth-order valence-electron chi connectivity index (χ4n) is 1.61. The molecule has 0 aliphatic heterocycles. The van der Waals surface area contributed by atoms with E-state index in [2.05, 4.69) is 4.72 Å². The zero-order valence-corrected chi connectivity index (χ0v) is 12.0. The summed E-state index contributed by atoms with van der Waals surface area (Å²) in [7, 11) is -3.92. The molecular formula is C12H10FN3O2S2. The number of halogens is 1. The third-order valence-corrected chi connectivity index (χ3v) is 5.05. The van der Waals surface area contributed by atoms with Crippen LogP contribution in [0.4, 0.5) is 15.1 Å². The summed E-state index contributed by atoms with van der Waals surface area (Å²) in [6.45, 7) is 1.47. The lowest BCUT2D eigenvalue weighted by atomic mass is 10.2. The smallest absolute Gasteiger partial charge is 0.262 e. The first kappa shape index (κ1) is 14.3. The molecule has 0 radical (unpaired) electrons. The summed E-state index contributed by atoms with van der Waals surface area (Å²) in [6.07, 6.45) is 0. The predicted octanol–water partition coefficient (Wildman–Crippen LogP) is 2.45. The third kappa shape index (κ3) is 2.59. The molecule has 0 saturated carbocycles. The lowest BCUT2D eigenvalue weighted by molar-refractivity contribution is 0.599. The van der Waals surface area contributed by atoms with Gasteiger partial charge in [0.25, 0.3) is 10.0 Å². The van der Waals surface area contributed by atoms with Crippen molar-refractivity contribution in [2.45, 2.75) is 11.8 Å². The monoisotopic (exact) mass is 311 g/mol. The van der Waals surface area contributed by atoms with Crippen molar-refractivity contribution in [2.24, 2.45) is 0 Å². The number of aryl methyl sites for hydroxylation is 1. The SMILES string of the molecule is Cc1cc(F)c(N)cc1S(=O)(=O)Nc1sccc1C#N. The Balaban J connectivity index is 2.47. The minimum atomic E-state index is -3.92. The number of nitrogens with zero attached hydrogens (tertiary/aromatic N) is 1. The zero-order valence-electron chi connectivity index (χ0n) is 10.3. The first-order valence-corrected chi connectivity index (χ1v) is 7.77. The number of nitrogens with one attached hydrogen (secondary N) is 1. The van der Waals surface area contributed by atoms with Crippen molar-refractivity contribution in [1.82, 2.24) is 0 Å². The standard InChI is InChI=1S/C12H10FN3O2S2/c1-7-4-9(13)10(15)5-11(7)20(17,18)16-12-8(6-14)2-3-19-12/h2-5,16H,15H2,1H3. The number of anilines is 2. The Kier molecular flexibility index (Phi) is 3.65. The second kappa shape index (κ2) is 5.11. The van der Waals surface area contributed by atoms with Gasteiger partial charge in [0.2, 0.25) is 0 Å². The Bertz CT molecular complexity index is 807. The van der Waals surface area contributed by atoms with Crippen molar-refractivity contribution in [2.75, 3.05) is 10.5 Å². The number of rotatable bonds is 3. The summed E-state index contributed by atoms with van der Waals surface area (Å²) in [5, 5.41) is 10.7. The molecule has 1 heterocycles. The van der Waals surface area contributed by atoms with Gasteiger partial charge in [0.1, 0.15) is 16.9 Å². The van der Waals surface area contributed by atoms with E-state index in [1.165, 1.54) is 13.0 Å². The maximum absolute atomic E-state index is 13.3. The Morgan fingerprint density at radius 3 is 2.80 bits per heavy atom.